The lowest BCUT2D eigenvalue weighted by Crippen LogP contribution is -2.53. The number of nitrogens with one attached hydrogen (secondary N) is 1. The molecule has 1 rings (SSSR count). The smallest absolute Gasteiger partial charge is 0.0712 e. The van der Waals surface area contributed by atoms with Gasteiger partial charge in [-0.2, -0.15) is 0 Å². The lowest BCUT2D eigenvalue weighted by Gasteiger charge is -2.41. The first kappa shape index (κ1) is 14.9. The van der Waals surface area contributed by atoms with Crippen molar-refractivity contribution >= 4 is 0 Å². The van der Waals surface area contributed by atoms with E-state index in [1.807, 2.05) is 0 Å². The van der Waals surface area contributed by atoms with Crippen LogP contribution in [0.15, 0.2) is 0 Å². The Bertz CT molecular complexity index is 237. The van der Waals surface area contributed by atoms with Crippen LogP contribution < -0.4 is 5.32 Å². The number of aliphatic hydroxyl groups is 1. The van der Waals surface area contributed by atoms with E-state index in [4.69, 9.17) is 0 Å². The third-order valence-corrected chi connectivity index (χ3v) is 4.18. The maximum atomic E-state index is 10.0. The van der Waals surface area contributed by atoms with Gasteiger partial charge in [-0.05, 0) is 31.7 Å². The van der Waals surface area contributed by atoms with Crippen LogP contribution in [0, 0.1) is 11.3 Å². The molecule has 1 heterocycles. The van der Waals surface area contributed by atoms with Gasteiger partial charge in [-0.25, -0.2) is 0 Å². The zero-order chi connectivity index (χ0) is 13.2. The van der Waals surface area contributed by atoms with Crippen molar-refractivity contribution in [3.63, 3.8) is 0 Å². The first-order valence-electron chi connectivity index (χ1n) is 6.83. The van der Waals surface area contributed by atoms with Gasteiger partial charge in [-0.15, -0.1) is 0 Å². The molecule has 3 nitrogen and oxygen atoms in total. The summed E-state index contributed by atoms with van der Waals surface area (Å²) in [7, 11) is 2.20. The van der Waals surface area contributed by atoms with E-state index in [1.165, 1.54) is 6.42 Å². The molecule has 0 radical (unpaired) electrons. The van der Waals surface area contributed by atoms with Gasteiger partial charge in [0.15, 0.2) is 0 Å². The van der Waals surface area contributed by atoms with E-state index >= 15 is 0 Å². The summed E-state index contributed by atoms with van der Waals surface area (Å²) < 4.78 is 0. The number of hydrogen-bond donors (Lipinski definition) is 2. The third kappa shape index (κ3) is 4.23. The second-order valence-electron chi connectivity index (χ2n) is 6.90. The van der Waals surface area contributed by atoms with Crippen molar-refractivity contribution in [2.75, 3.05) is 20.1 Å². The molecule has 4 unspecified atom stereocenters. The van der Waals surface area contributed by atoms with Crippen LogP contribution in [0.3, 0.4) is 0 Å². The summed E-state index contributed by atoms with van der Waals surface area (Å²) >= 11 is 0. The molecular formula is C14H30N2O. The monoisotopic (exact) mass is 242 g/mol. The van der Waals surface area contributed by atoms with E-state index in [1.54, 1.807) is 0 Å². The lowest BCUT2D eigenvalue weighted by molar-refractivity contribution is 0.0495. The van der Waals surface area contributed by atoms with Crippen LogP contribution in [-0.4, -0.2) is 48.3 Å². The van der Waals surface area contributed by atoms with E-state index in [2.05, 4.69) is 51.9 Å². The van der Waals surface area contributed by atoms with E-state index in [-0.39, 0.29) is 11.5 Å². The summed E-state index contributed by atoms with van der Waals surface area (Å²) in [6.07, 6.45) is 0.902. The van der Waals surface area contributed by atoms with Gasteiger partial charge in [0.25, 0.3) is 0 Å². The van der Waals surface area contributed by atoms with Gasteiger partial charge < -0.3 is 15.3 Å². The summed E-state index contributed by atoms with van der Waals surface area (Å²) in [5.41, 5.74) is -0.0344. The normalized spacial score (nSPS) is 33.7. The molecule has 0 bridgehead atoms. The highest BCUT2D eigenvalue weighted by molar-refractivity contribution is 4.87. The Morgan fingerprint density at radius 3 is 2.47 bits per heavy atom. The zero-order valence-corrected chi connectivity index (χ0v) is 12.3. The Balaban J connectivity index is 2.41. The number of piperidine rings is 1. The van der Waals surface area contributed by atoms with E-state index in [9.17, 15) is 5.11 Å². The molecule has 1 saturated heterocycles. The first-order chi connectivity index (χ1) is 7.71. The van der Waals surface area contributed by atoms with Crippen LogP contribution >= 0.6 is 0 Å². The summed E-state index contributed by atoms with van der Waals surface area (Å²) in [6, 6.07) is 1.17. The Labute approximate surface area is 107 Å². The van der Waals surface area contributed by atoms with Crippen molar-refractivity contribution in [2.24, 2.45) is 11.3 Å². The number of nitrogens with zero attached hydrogens (tertiary/aromatic N) is 1. The van der Waals surface area contributed by atoms with Gasteiger partial charge in [0.2, 0.25) is 0 Å². The SMILES string of the molecule is CC1CN(C)C(C)CC1NCC(O)C(C)(C)C. The van der Waals surface area contributed by atoms with Crippen molar-refractivity contribution in [1.82, 2.24) is 10.2 Å². The lowest BCUT2D eigenvalue weighted by atomic mass is 9.87. The molecule has 2 N–H and O–H groups in total. The Hall–Kier alpha value is -0.120. The van der Waals surface area contributed by atoms with Crippen LogP contribution in [0.1, 0.15) is 41.0 Å². The molecule has 1 fully saturated rings. The van der Waals surface area contributed by atoms with Crippen LogP contribution in [0.5, 0.6) is 0 Å². The minimum Gasteiger partial charge on any atom is -0.391 e. The molecule has 0 aromatic heterocycles. The molecule has 17 heavy (non-hydrogen) atoms. The molecular weight excluding hydrogens is 212 g/mol. The van der Waals surface area contributed by atoms with Gasteiger partial charge in [0, 0.05) is 25.2 Å². The summed E-state index contributed by atoms with van der Waals surface area (Å²) in [5, 5.41) is 13.6. The van der Waals surface area contributed by atoms with E-state index in [0.29, 0.717) is 24.5 Å². The van der Waals surface area contributed by atoms with Crippen molar-refractivity contribution < 1.29 is 5.11 Å². The highest BCUT2D eigenvalue weighted by Crippen LogP contribution is 2.22. The number of aliphatic hydroxyl groups excluding tert-OH is 1. The van der Waals surface area contributed by atoms with Crippen molar-refractivity contribution in [1.29, 1.82) is 0 Å². The van der Waals surface area contributed by atoms with E-state index in [0.717, 1.165) is 6.54 Å². The standard InChI is InChI=1S/C14H30N2O/c1-10-9-16(6)11(2)7-12(10)15-8-13(17)14(3,4)5/h10-13,15,17H,7-9H2,1-6H3. The molecule has 0 amide bonds. The first-order valence-corrected chi connectivity index (χ1v) is 6.83. The van der Waals surface area contributed by atoms with Crippen LogP contribution in [-0.2, 0) is 0 Å². The Kier molecular flexibility index (Phi) is 4.99. The fourth-order valence-corrected chi connectivity index (χ4v) is 2.39. The number of hydrogen-bond acceptors (Lipinski definition) is 3. The molecule has 1 aliphatic rings. The van der Waals surface area contributed by atoms with Gasteiger partial charge in [0.1, 0.15) is 0 Å². The summed E-state index contributed by atoms with van der Waals surface area (Å²) in [6.45, 7) is 12.7. The summed E-state index contributed by atoms with van der Waals surface area (Å²) in [4.78, 5) is 2.42. The number of likely N-dealkylation sites (tertiary alicyclic amines) is 1. The van der Waals surface area contributed by atoms with Gasteiger partial charge >= 0.3 is 0 Å². The molecule has 102 valence electrons. The predicted octanol–water partition coefficient (Wildman–Crippen LogP) is 1.71. The van der Waals surface area contributed by atoms with E-state index < -0.39 is 0 Å². The van der Waals surface area contributed by atoms with Crippen molar-refractivity contribution in [2.45, 2.75) is 59.2 Å². The zero-order valence-electron chi connectivity index (χ0n) is 12.3. The maximum Gasteiger partial charge on any atom is 0.0712 e. The second-order valence-corrected chi connectivity index (χ2v) is 6.90. The fourth-order valence-electron chi connectivity index (χ4n) is 2.39. The van der Waals surface area contributed by atoms with Crippen LogP contribution in [0.4, 0.5) is 0 Å². The second kappa shape index (κ2) is 5.68. The van der Waals surface area contributed by atoms with Crippen molar-refractivity contribution in [3.8, 4) is 0 Å². The minimum atomic E-state index is -0.273. The van der Waals surface area contributed by atoms with Crippen LogP contribution in [0.25, 0.3) is 0 Å². The minimum absolute atomic E-state index is 0.0344. The maximum absolute atomic E-state index is 10.0. The molecule has 0 saturated carbocycles. The Morgan fingerprint density at radius 2 is 1.94 bits per heavy atom. The van der Waals surface area contributed by atoms with Gasteiger partial charge in [-0.1, -0.05) is 27.7 Å². The predicted molar refractivity (Wildman–Crippen MR) is 73.1 cm³/mol. The Morgan fingerprint density at radius 1 is 1.35 bits per heavy atom. The van der Waals surface area contributed by atoms with Crippen LogP contribution in [0.2, 0.25) is 0 Å². The van der Waals surface area contributed by atoms with Crippen molar-refractivity contribution in [3.05, 3.63) is 0 Å². The molecule has 4 atom stereocenters. The van der Waals surface area contributed by atoms with Gasteiger partial charge in [-0.3, -0.25) is 0 Å². The topological polar surface area (TPSA) is 35.5 Å². The number of rotatable bonds is 3. The molecule has 0 aromatic carbocycles. The molecule has 1 aliphatic heterocycles. The largest absolute Gasteiger partial charge is 0.391 e. The third-order valence-electron chi connectivity index (χ3n) is 4.18. The molecule has 0 aromatic rings. The molecule has 0 aliphatic carbocycles. The highest BCUT2D eigenvalue weighted by Gasteiger charge is 2.30. The fraction of sp³-hybridized carbons (Fsp3) is 1.00. The molecule has 0 spiro atoms. The average Bonchev–Trinajstić information content (AvgIpc) is 2.19. The highest BCUT2D eigenvalue weighted by atomic mass is 16.3. The summed E-state index contributed by atoms with van der Waals surface area (Å²) in [5.74, 6) is 0.656. The quantitative estimate of drug-likeness (QED) is 0.791. The average molecular weight is 242 g/mol. The van der Waals surface area contributed by atoms with Gasteiger partial charge in [0.05, 0.1) is 6.10 Å². The molecule has 3 heteroatoms.